The zero-order valence-corrected chi connectivity index (χ0v) is 37.0. The Balaban J connectivity index is 0.000000154. The summed E-state index contributed by atoms with van der Waals surface area (Å²) in [4.78, 5) is 34.6. The molecule has 2 aliphatic carbocycles. The standard InChI is InChI=1S/C24H20F2N2O4.C17H13ClF2N2O3.C7H9BO3/c1-14-2-9-20(27-21(14)16-5-3-15(13-29)4-6-16)28-22(30)23(10-11-23)17-7-8-18-19(12-17)32-24(25,26)31-18;1-9-2-5-13(21-14(9)18)22-15(23)16(6-7-16)10-3-4-11-12(8-10)25-17(19,20)24-11;9-5-6-1-3-7(4-2-6)8(10)11/h2-9,12,29H,10-11,13H2,1H3,(H,27,28,30);2-5,8H,6-7H2,1H3,(H,21,22,23);1-4,9-11H,5H2. The van der Waals surface area contributed by atoms with E-state index in [1.54, 1.807) is 54.6 Å². The number of halogens is 5. The van der Waals surface area contributed by atoms with Crippen LogP contribution in [0.5, 0.6) is 23.0 Å². The fourth-order valence-electron chi connectivity index (χ4n) is 7.54. The number of aliphatic hydroxyl groups is 2. The highest BCUT2D eigenvalue weighted by Gasteiger charge is 2.54. The number of benzene rings is 4. The van der Waals surface area contributed by atoms with E-state index in [1.165, 1.54) is 24.3 Å². The van der Waals surface area contributed by atoms with Gasteiger partial charge in [-0.05, 0) is 115 Å². The van der Waals surface area contributed by atoms with Crippen LogP contribution in [0.4, 0.5) is 29.2 Å². The number of carbonyl (C=O) groups excluding carboxylic acids is 2. The minimum atomic E-state index is -3.70. The van der Waals surface area contributed by atoms with Crippen molar-refractivity contribution < 1.29 is 66.4 Å². The SMILES string of the molecule is Cc1ccc(NC(=O)C2(c3ccc4c(c3)OC(F)(F)O4)CC2)nc1-c1ccc(CO)cc1.Cc1ccc(NC(=O)C2(c3ccc4c(c3)OC(F)(F)O4)CC2)nc1Cl.OCc1ccc(B(O)O)cc1. The predicted octanol–water partition coefficient (Wildman–Crippen LogP) is 7.44. The Kier molecular flexibility index (Phi) is 13.1. The lowest BCUT2D eigenvalue weighted by atomic mass is 9.80. The molecule has 2 aliphatic heterocycles. The first-order valence-electron chi connectivity index (χ1n) is 21.1. The Morgan fingerprint density at radius 3 is 1.46 bits per heavy atom. The first-order chi connectivity index (χ1) is 32.3. The first kappa shape index (κ1) is 47.7. The number of pyridine rings is 2. The molecule has 4 aliphatic rings. The lowest BCUT2D eigenvalue weighted by Crippen LogP contribution is -2.29. The molecular weight excluding hydrogens is 915 g/mol. The second kappa shape index (κ2) is 18.7. The summed E-state index contributed by atoms with van der Waals surface area (Å²) in [7, 11) is -1.43. The quantitative estimate of drug-likeness (QED) is 0.0451. The molecule has 2 saturated carbocycles. The summed E-state index contributed by atoms with van der Waals surface area (Å²) in [6.07, 6.45) is -4.98. The second-order valence-corrected chi connectivity index (χ2v) is 16.9. The molecule has 6 aromatic rings. The van der Waals surface area contributed by atoms with E-state index >= 15 is 0 Å². The molecule has 352 valence electrons. The van der Waals surface area contributed by atoms with Gasteiger partial charge >= 0.3 is 19.7 Å². The number of rotatable bonds is 10. The van der Waals surface area contributed by atoms with Gasteiger partial charge in [0.1, 0.15) is 16.8 Å². The molecule has 0 radical (unpaired) electrons. The van der Waals surface area contributed by atoms with Gasteiger partial charge in [0.15, 0.2) is 23.0 Å². The van der Waals surface area contributed by atoms with Crippen molar-refractivity contribution in [2.45, 2.75) is 76.2 Å². The number of fused-ring (bicyclic) bond motifs is 2. The number of ether oxygens (including phenoxy) is 4. The van der Waals surface area contributed by atoms with Crippen molar-refractivity contribution in [3.63, 3.8) is 0 Å². The van der Waals surface area contributed by atoms with Crippen LogP contribution in [0.25, 0.3) is 11.3 Å². The van der Waals surface area contributed by atoms with Crippen LogP contribution in [-0.4, -0.2) is 61.8 Å². The zero-order chi connectivity index (χ0) is 48.6. The molecular formula is C48H42BClF4N4O10. The molecule has 6 N–H and O–H groups in total. The van der Waals surface area contributed by atoms with Crippen LogP contribution in [0.15, 0.2) is 109 Å². The van der Waals surface area contributed by atoms with Crippen molar-refractivity contribution in [3.8, 4) is 34.3 Å². The molecule has 0 spiro atoms. The molecule has 0 saturated heterocycles. The maximum atomic E-state index is 13.3. The minimum absolute atomic E-state index is 0.0260. The van der Waals surface area contributed by atoms with Crippen LogP contribution in [0.2, 0.25) is 5.15 Å². The van der Waals surface area contributed by atoms with Crippen molar-refractivity contribution in [1.29, 1.82) is 0 Å². The van der Waals surface area contributed by atoms with Gasteiger partial charge in [0.25, 0.3) is 0 Å². The number of anilines is 2. The van der Waals surface area contributed by atoms with E-state index < -0.39 is 30.5 Å². The van der Waals surface area contributed by atoms with E-state index in [0.717, 1.165) is 33.5 Å². The summed E-state index contributed by atoms with van der Waals surface area (Å²) in [5, 5.41) is 41.2. The van der Waals surface area contributed by atoms with Crippen LogP contribution in [0, 0.1) is 13.8 Å². The Bertz CT molecular complexity index is 2870. The third-order valence-corrected chi connectivity index (χ3v) is 12.1. The Labute approximate surface area is 391 Å². The summed E-state index contributed by atoms with van der Waals surface area (Å²) in [5.41, 5.74) is 4.93. The second-order valence-electron chi connectivity index (χ2n) is 16.5. The fraction of sp³-hybridized carbons (Fsp3) is 0.250. The molecule has 14 nitrogen and oxygen atoms in total. The molecule has 20 heteroatoms. The summed E-state index contributed by atoms with van der Waals surface area (Å²) in [5.74, 6) is 0.00169. The number of aryl methyl sites for hydroxylation is 2. The fourth-order valence-corrected chi connectivity index (χ4v) is 7.69. The minimum Gasteiger partial charge on any atom is -0.423 e. The topological polar surface area (TPSA) is 202 Å². The van der Waals surface area contributed by atoms with Crippen LogP contribution >= 0.6 is 11.6 Å². The number of nitrogens with one attached hydrogen (secondary N) is 2. The van der Waals surface area contributed by atoms with Crippen molar-refractivity contribution in [2.24, 2.45) is 0 Å². The molecule has 0 bridgehead atoms. The Morgan fingerprint density at radius 2 is 1.03 bits per heavy atom. The van der Waals surface area contributed by atoms with Crippen LogP contribution in [-0.2, 0) is 33.6 Å². The number of amides is 2. The Morgan fingerprint density at radius 1 is 0.603 bits per heavy atom. The van der Waals surface area contributed by atoms with Crippen molar-refractivity contribution in [1.82, 2.24) is 9.97 Å². The molecule has 0 unspecified atom stereocenters. The maximum absolute atomic E-state index is 13.3. The van der Waals surface area contributed by atoms with Gasteiger partial charge in [-0.15, -0.1) is 17.6 Å². The highest BCUT2D eigenvalue weighted by Crippen LogP contribution is 2.53. The highest BCUT2D eigenvalue weighted by atomic mass is 35.5. The Hall–Kier alpha value is -6.77. The largest absolute Gasteiger partial charge is 0.586 e. The number of alkyl halides is 4. The number of hydrogen-bond donors (Lipinski definition) is 6. The van der Waals surface area contributed by atoms with Gasteiger partial charge in [0.2, 0.25) is 11.8 Å². The maximum Gasteiger partial charge on any atom is 0.586 e. The smallest absolute Gasteiger partial charge is 0.423 e. The molecule has 4 aromatic carbocycles. The predicted molar refractivity (Wildman–Crippen MR) is 241 cm³/mol. The van der Waals surface area contributed by atoms with Crippen LogP contribution in [0.3, 0.4) is 0 Å². The lowest BCUT2D eigenvalue weighted by molar-refractivity contribution is -0.287. The van der Waals surface area contributed by atoms with Gasteiger partial charge in [-0.3, -0.25) is 9.59 Å². The van der Waals surface area contributed by atoms with E-state index in [0.29, 0.717) is 59.1 Å². The van der Waals surface area contributed by atoms with Gasteiger partial charge in [-0.2, -0.15) is 0 Å². The summed E-state index contributed by atoms with van der Waals surface area (Å²) in [6, 6.07) is 29.7. The monoisotopic (exact) mass is 956 g/mol. The van der Waals surface area contributed by atoms with E-state index in [2.05, 4.69) is 39.5 Å². The van der Waals surface area contributed by atoms with Crippen LogP contribution < -0.4 is 35.0 Å². The van der Waals surface area contributed by atoms with E-state index in [1.807, 2.05) is 44.2 Å². The van der Waals surface area contributed by atoms with Gasteiger partial charge in [0.05, 0.1) is 29.7 Å². The van der Waals surface area contributed by atoms with Crippen molar-refractivity contribution in [3.05, 3.63) is 148 Å². The summed E-state index contributed by atoms with van der Waals surface area (Å²) >= 11 is 5.97. The highest BCUT2D eigenvalue weighted by molar-refractivity contribution is 6.58. The van der Waals surface area contributed by atoms with Gasteiger partial charge in [0, 0.05) is 5.56 Å². The van der Waals surface area contributed by atoms with E-state index in [4.69, 9.17) is 26.8 Å². The number of hydrogen-bond acceptors (Lipinski definition) is 12. The first-order valence-corrected chi connectivity index (χ1v) is 21.5. The van der Waals surface area contributed by atoms with Gasteiger partial charge in [-0.1, -0.05) is 84.4 Å². The molecule has 68 heavy (non-hydrogen) atoms. The normalized spacial score (nSPS) is 16.5. The molecule has 4 heterocycles. The molecule has 10 rings (SSSR count). The molecule has 2 amide bonds. The molecule has 2 fully saturated rings. The molecule has 0 atom stereocenters. The van der Waals surface area contributed by atoms with E-state index in [9.17, 15) is 32.3 Å². The number of aromatic nitrogens is 2. The van der Waals surface area contributed by atoms with Crippen LogP contribution in [0.1, 0.15) is 59.1 Å². The summed E-state index contributed by atoms with van der Waals surface area (Å²) in [6.45, 7) is 3.68. The average Bonchev–Trinajstić information content (AvgIpc) is 4.24. The number of nitrogens with zero attached hydrogens (tertiary/aromatic N) is 2. The lowest BCUT2D eigenvalue weighted by Gasteiger charge is -2.17. The number of aliphatic hydroxyl groups excluding tert-OH is 2. The van der Waals surface area contributed by atoms with E-state index in [-0.39, 0.29) is 48.0 Å². The van der Waals surface area contributed by atoms with Crippen molar-refractivity contribution >= 4 is 47.6 Å². The zero-order valence-electron chi connectivity index (χ0n) is 36.2. The average molecular weight is 957 g/mol. The molecule has 2 aromatic heterocycles. The third-order valence-electron chi connectivity index (χ3n) is 11.8. The summed E-state index contributed by atoms with van der Waals surface area (Å²) < 4.78 is 70.8. The van der Waals surface area contributed by atoms with Gasteiger partial charge in [-0.25, -0.2) is 9.97 Å². The third kappa shape index (κ3) is 10.4. The number of carbonyl (C=O) groups is 2. The van der Waals surface area contributed by atoms with Crippen molar-refractivity contribution in [2.75, 3.05) is 10.6 Å². The van der Waals surface area contributed by atoms with Gasteiger partial charge < -0.3 is 49.8 Å².